The molecule has 2 aromatic carbocycles. The normalized spacial score (nSPS) is 17.2. The summed E-state index contributed by atoms with van der Waals surface area (Å²) in [5.41, 5.74) is 2.50. The van der Waals surface area contributed by atoms with Crippen LogP contribution in [0, 0.1) is 0 Å². The van der Waals surface area contributed by atoms with Gasteiger partial charge in [0.1, 0.15) is 12.4 Å². The maximum Gasteiger partial charge on any atom is 0.234 e. The molecule has 1 amide bonds. The Hall–Kier alpha value is -2.33. The Labute approximate surface area is 149 Å². The number of hydrogen-bond acceptors (Lipinski definition) is 3. The van der Waals surface area contributed by atoms with Crippen LogP contribution in [0.4, 0.5) is 0 Å². The molecule has 0 aromatic heterocycles. The molecule has 4 nitrogen and oxygen atoms in total. The number of benzene rings is 2. The topological polar surface area (TPSA) is 41.6 Å². The highest BCUT2D eigenvalue weighted by Gasteiger charge is 2.12. The van der Waals surface area contributed by atoms with Crippen LogP contribution in [0.1, 0.15) is 24.0 Å². The van der Waals surface area contributed by atoms with Gasteiger partial charge in [-0.1, -0.05) is 48.5 Å². The van der Waals surface area contributed by atoms with E-state index in [0.29, 0.717) is 19.7 Å². The quantitative estimate of drug-likeness (QED) is 0.915. The Balaban J connectivity index is 1.65. The molecule has 0 atom stereocenters. The van der Waals surface area contributed by atoms with Crippen molar-refractivity contribution in [2.45, 2.75) is 25.8 Å². The summed E-state index contributed by atoms with van der Waals surface area (Å²) in [7, 11) is 0. The summed E-state index contributed by atoms with van der Waals surface area (Å²) < 4.78 is 5.84. The zero-order chi connectivity index (χ0) is 17.3. The van der Waals surface area contributed by atoms with Crippen molar-refractivity contribution in [2.24, 2.45) is 0 Å². The van der Waals surface area contributed by atoms with E-state index in [2.05, 4.69) is 34.5 Å². The molecule has 2 aromatic rings. The molecule has 25 heavy (non-hydrogen) atoms. The van der Waals surface area contributed by atoms with Gasteiger partial charge in [-0.05, 0) is 43.0 Å². The molecule has 0 saturated carbocycles. The van der Waals surface area contributed by atoms with E-state index < -0.39 is 0 Å². The molecule has 0 saturated heterocycles. The van der Waals surface area contributed by atoms with Gasteiger partial charge in [-0.25, -0.2) is 0 Å². The standard InChI is InChI=1S/C21H26N2O2/c24-21-17-23(16-18-8-2-1-3-9-18)14-7-6-11-19-10-4-5-12-20(19)25-15-13-22-21/h1-5,8-10,12H,6-7,11,13-17H2,(H,22,24). The first-order valence-corrected chi connectivity index (χ1v) is 9.05. The first kappa shape index (κ1) is 17.5. The summed E-state index contributed by atoms with van der Waals surface area (Å²) >= 11 is 0. The maximum atomic E-state index is 12.2. The average Bonchev–Trinajstić information content (AvgIpc) is 2.65. The van der Waals surface area contributed by atoms with Crippen molar-refractivity contribution >= 4 is 5.91 Å². The van der Waals surface area contributed by atoms with E-state index in [0.717, 1.165) is 38.1 Å². The fraction of sp³-hybridized carbons (Fsp3) is 0.381. The van der Waals surface area contributed by atoms with Crippen LogP contribution >= 0.6 is 0 Å². The van der Waals surface area contributed by atoms with Gasteiger partial charge in [0.25, 0.3) is 0 Å². The van der Waals surface area contributed by atoms with Gasteiger partial charge in [0.05, 0.1) is 13.1 Å². The maximum absolute atomic E-state index is 12.2. The zero-order valence-electron chi connectivity index (χ0n) is 14.6. The smallest absolute Gasteiger partial charge is 0.234 e. The molecule has 1 aliphatic rings. The number of fused-ring (bicyclic) bond motifs is 1. The van der Waals surface area contributed by atoms with E-state index >= 15 is 0 Å². The molecule has 1 N–H and O–H groups in total. The Morgan fingerprint density at radius 2 is 1.80 bits per heavy atom. The number of nitrogens with zero attached hydrogens (tertiary/aromatic N) is 1. The van der Waals surface area contributed by atoms with Gasteiger partial charge >= 0.3 is 0 Å². The third-order valence-electron chi connectivity index (χ3n) is 4.44. The first-order valence-electron chi connectivity index (χ1n) is 9.05. The molecule has 1 heterocycles. The van der Waals surface area contributed by atoms with E-state index in [1.54, 1.807) is 0 Å². The Kier molecular flexibility index (Phi) is 6.46. The van der Waals surface area contributed by atoms with Gasteiger partial charge in [-0.3, -0.25) is 9.69 Å². The number of ether oxygens (including phenoxy) is 1. The highest BCUT2D eigenvalue weighted by atomic mass is 16.5. The van der Waals surface area contributed by atoms with Crippen LogP contribution in [0.3, 0.4) is 0 Å². The molecular weight excluding hydrogens is 312 g/mol. The predicted octanol–water partition coefficient (Wildman–Crippen LogP) is 3.02. The van der Waals surface area contributed by atoms with Crippen molar-refractivity contribution in [2.75, 3.05) is 26.2 Å². The number of amides is 1. The predicted molar refractivity (Wildman–Crippen MR) is 99.6 cm³/mol. The summed E-state index contributed by atoms with van der Waals surface area (Å²) in [6.45, 7) is 3.20. The van der Waals surface area contributed by atoms with Crippen LogP contribution in [0.25, 0.3) is 0 Å². The fourth-order valence-corrected chi connectivity index (χ4v) is 3.17. The Bertz CT molecular complexity index is 673. The number of hydrogen-bond donors (Lipinski definition) is 1. The number of nitrogens with one attached hydrogen (secondary N) is 1. The van der Waals surface area contributed by atoms with Crippen molar-refractivity contribution in [1.82, 2.24) is 10.2 Å². The molecule has 0 fully saturated rings. The highest BCUT2D eigenvalue weighted by Crippen LogP contribution is 2.20. The lowest BCUT2D eigenvalue weighted by atomic mass is 10.1. The third kappa shape index (κ3) is 5.61. The molecular formula is C21H26N2O2. The van der Waals surface area contributed by atoms with Crippen LogP contribution < -0.4 is 10.1 Å². The monoisotopic (exact) mass is 338 g/mol. The van der Waals surface area contributed by atoms with Crippen LogP contribution in [0.15, 0.2) is 54.6 Å². The van der Waals surface area contributed by atoms with Crippen LogP contribution in [-0.4, -0.2) is 37.0 Å². The van der Waals surface area contributed by atoms with E-state index in [-0.39, 0.29) is 5.91 Å². The van der Waals surface area contributed by atoms with Gasteiger partial charge in [-0.15, -0.1) is 0 Å². The molecule has 4 heteroatoms. The fourth-order valence-electron chi connectivity index (χ4n) is 3.17. The summed E-state index contributed by atoms with van der Waals surface area (Å²) in [5.74, 6) is 1.00. The second kappa shape index (κ2) is 9.23. The number of para-hydroxylation sites is 1. The molecule has 132 valence electrons. The van der Waals surface area contributed by atoms with Crippen LogP contribution in [0.5, 0.6) is 5.75 Å². The van der Waals surface area contributed by atoms with Crippen molar-refractivity contribution < 1.29 is 9.53 Å². The summed E-state index contributed by atoms with van der Waals surface area (Å²) in [5, 5.41) is 2.96. The lowest BCUT2D eigenvalue weighted by molar-refractivity contribution is -0.122. The number of carbonyl (C=O) groups is 1. The van der Waals surface area contributed by atoms with Gasteiger partial charge in [0.2, 0.25) is 5.91 Å². The van der Waals surface area contributed by atoms with Crippen molar-refractivity contribution in [3.8, 4) is 5.75 Å². The molecule has 0 unspecified atom stereocenters. The lowest BCUT2D eigenvalue weighted by Crippen LogP contribution is -2.38. The minimum Gasteiger partial charge on any atom is -0.491 e. The summed E-state index contributed by atoms with van der Waals surface area (Å²) in [4.78, 5) is 14.5. The highest BCUT2D eigenvalue weighted by molar-refractivity contribution is 5.78. The minimum atomic E-state index is 0.0621. The molecule has 0 radical (unpaired) electrons. The zero-order valence-corrected chi connectivity index (χ0v) is 14.6. The minimum absolute atomic E-state index is 0.0621. The van der Waals surface area contributed by atoms with Crippen LogP contribution in [0.2, 0.25) is 0 Å². The van der Waals surface area contributed by atoms with Gasteiger partial charge in [0, 0.05) is 6.54 Å². The van der Waals surface area contributed by atoms with Crippen molar-refractivity contribution in [3.05, 3.63) is 65.7 Å². The van der Waals surface area contributed by atoms with E-state index in [4.69, 9.17) is 4.74 Å². The lowest BCUT2D eigenvalue weighted by Gasteiger charge is -2.21. The SMILES string of the molecule is O=C1CN(Cc2ccccc2)CCCCc2ccccc2OCCN1. The summed E-state index contributed by atoms with van der Waals surface area (Å²) in [6, 6.07) is 18.5. The van der Waals surface area contributed by atoms with Gasteiger partial charge in [0.15, 0.2) is 0 Å². The van der Waals surface area contributed by atoms with E-state index in [1.165, 1.54) is 11.1 Å². The van der Waals surface area contributed by atoms with E-state index in [1.807, 2.05) is 30.3 Å². The van der Waals surface area contributed by atoms with E-state index in [9.17, 15) is 4.79 Å². The van der Waals surface area contributed by atoms with Gasteiger partial charge in [-0.2, -0.15) is 0 Å². The van der Waals surface area contributed by atoms with Crippen LogP contribution in [-0.2, 0) is 17.8 Å². The Morgan fingerprint density at radius 1 is 1.00 bits per heavy atom. The molecule has 0 spiro atoms. The molecule has 0 bridgehead atoms. The second-order valence-corrected chi connectivity index (χ2v) is 6.46. The largest absolute Gasteiger partial charge is 0.491 e. The van der Waals surface area contributed by atoms with Crippen molar-refractivity contribution in [1.29, 1.82) is 0 Å². The number of aryl methyl sites for hydroxylation is 1. The third-order valence-corrected chi connectivity index (χ3v) is 4.44. The second-order valence-electron chi connectivity index (χ2n) is 6.46. The van der Waals surface area contributed by atoms with Crippen molar-refractivity contribution in [3.63, 3.8) is 0 Å². The Morgan fingerprint density at radius 3 is 2.68 bits per heavy atom. The molecule has 0 aliphatic carbocycles. The average molecular weight is 338 g/mol. The summed E-state index contributed by atoms with van der Waals surface area (Å²) in [6.07, 6.45) is 3.17. The first-order chi connectivity index (χ1) is 12.3. The number of carbonyl (C=O) groups excluding carboxylic acids is 1. The molecule has 3 rings (SSSR count). The molecule has 1 aliphatic heterocycles. The van der Waals surface area contributed by atoms with Gasteiger partial charge < -0.3 is 10.1 Å². The number of rotatable bonds is 2.